The Bertz CT molecular complexity index is 777. The average Bonchev–Trinajstić information content (AvgIpc) is 2.80. The number of hydrogen-bond donors (Lipinski definition) is 3. The fourth-order valence-corrected chi connectivity index (χ4v) is 3.76. The molecular weight excluding hydrogens is 316 g/mol. The molecule has 0 fully saturated rings. The van der Waals surface area contributed by atoms with E-state index in [0.29, 0.717) is 13.0 Å². The molecule has 25 heavy (non-hydrogen) atoms. The first-order valence-corrected chi connectivity index (χ1v) is 8.77. The van der Waals surface area contributed by atoms with Gasteiger partial charge in [0.1, 0.15) is 5.75 Å². The van der Waals surface area contributed by atoms with Crippen molar-refractivity contribution < 1.29 is 14.6 Å². The molecule has 1 heterocycles. The normalized spacial score (nSPS) is 24.4. The molecule has 4 rings (SSSR count). The number of aliphatic hydroxyl groups is 1. The van der Waals surface area contributed by atoms with E-state index in [4.69, 9.17) is 4.74 Å². The lowest BCUT2D eigenvalue weighted by Crippen LogP contribution is -2.42. The van der Waals surface area contributed by atoms with Gasteiger partial charge in [0, 0.05) is 12.0 Å². The number of urea groups is 1. The number of ether oxygens (including phenoxy) is 1. The number of nitrogens with one attached hydrogen (secondary N) is 2. The third kappa shape index (κ3) is 3.20. The van der Waals surface area contributed by atoms with Gasteiger partial charge < -0.3 is 20.5 Å². The van der Waals surface area contributed by atoms with Gasteiger partial charge in [0.2, 0.25) is 0 Å². The average molecular weight is 338 g/mol. The lowest BCUT2D eigenvalue weighted by Gasteiger charge is -2.22. The van der Waals surface area contributed by atoms with E-state index in [2.05, 4.69) is 10.6 Å². The zero-order chi connectivity index (χ0) is 17.2. The molecule has 0 spiro atoms. The molecule has 1 aliphatic carbocycles. The van der Waals surface area contributed by atoms with E-state index in [-0.39, 0.29) is 18.1 Å². The van der Waals surface area contributed by atoms with Crippen molar-refractivity contribution in [1.29, 1.82) is 0 Å². The number of carbonyl (C=O) groups is 1. The zero-order valence-electron chi connectivity index (χ0n) is 13.9. The van der Waals surface area contributed by atoms with E-state index < -0.39 is 6.10 Å². The van der Waals surface area contributed by atoms with Gasteiger partial charge in [-0.25, -0.2) is 4.79 Å². The lowest BCUT2D eigenvalue weighted by molar-refractivity contribution is 0.141. The molecule has 0 radical (unpaired) electrons. The maximum atomic E-state index is 12.6. The number of rotatable bonds is 2. The molecule has 3 N–H and O–H groups in total. The Kier molecular flexibility index (Phi) is 4.32. The van der Waals surface area contributed by atoms with E-state index >= 15 is 0 Å². The molecule has 0 bridgehead atoms. The molecule has 1 aliphatic heterocycles. The van der Waals surface area contributed by atoms with Crippen LogP contribution >= 0.6 is 0 Å². The van der Waals surface area contributed by atoms with E-state index in [9.17, 15) is 9.90 Å². The number of hydrogen-bond acceptors (Lipinski definition) is 3. The Hall–Kier alpha value is -2.53. The van der Waals surface area contributed by atoms with Crippen LogP contribution in [0.3, 0.4) is 0 Å². The summed E-state index contributed by atoms with van der Waals surface area (Å²) in [6.45, 7) is 0.658. The minimum absolute atomic E-state index is 0.0903. The summed E-state index contributed by atoms with van der Waals surface area (Å²) in [5.41, 5.74) is 3.09. The Morgan fingerprint density at radius 3 is 2.68 bits per heavy atom. The summed E-state index contributed by atoms with van der Waals surface area (Å²) in [6, 6.07) is 14.9. The number of aliphatic hydroxyl groups excluding tert-OH is 1. The predicted octanol–water partition coefficient (Wildman–Crippen LogP) is 2.86. The van der Waals surface area contributed by atoms with Gasteiger partial charge in [-0.3, -0.25) is 0 Å². The monoisotopic (exact) mass is 338 g/mol. The zero-order valence-corrected chi connectivity index (χ0v) is 13.9. The van der Waals surface area contributed by atoms with Crippen molar-refractivity contribution in [2.24, 2.45) is 0 Å². The second-order valence-electron chi connectivity index (χ2n) is 6.65. The van der Waals surface area contributed by atoms with E-state index in [0.717, 1.165) is 35.3 Å². The first-order chi connectivity index (χ1) is 12.2. The molecule has 2 aliphatic rings. The summed E-state index contributed by atoms with van der Waals surface area (Å²) < 4.78 is 5.75. The van der Waals surface area contributed by atoms with E-state index in [1.807, 2.05) is 48.5 Å². The predicted molar refractivity (Wildman–Crippen MR) is 94.5 cm³/mol. The number of benzene rings is 2. The van der Waals surface area contributed by atoms with Crippen LogP contribution in [-0.4, -0.2) is 23.8 Å². The first-order valence-electron chi connectivity index (χ1n) is 8.77. The standard InChI is InChI=1S/C20H22N2O3/c23-17-12-13-6-1-2-7-14(13)19(17)22-20(24)21-16-9-5-11-25-18-10-4-3-8-15(16)18/h1-4,6-8,10,16-17,19,23H,5,9,11-12H2,(H2,21,22,24)/t16?,17-,19+/m1/s1. The molecule has 2 amide bonds. The quantitative estimate of drug-likeness (QED) is 0.788. The molecule has 2 aromatic carbocycles. The Labute approximate surface area is 147 Å². The fourth-order valence-electron chi connectivity index (χ4n) is 3.76. The smallest absolute Gasteiger partial charge is 0.315 e. The van der Waals surface area contributed by atoms with Crippen molar-refractivity contribution in [1.82, 2.24) is 10.6 Å². The van der Waals surface area contributed by atoms with Crippen LogP contribution in [0.4, 0.5) is 4.79 Å². The molecular formula is C20H22N2O3. The van der Waals surface area contributed by atoms with Crippen molar-refractivity contribution in [3.8, 4) is 5.75 Å². The number of fused-ring (bicyclic) bond motifs is 2. The van der Waals surface area contributed by atoms with Crippen LogP contribution in [-0.2, 0) is 6.42 Å². The third-order valence-electron chi connectivity index (χ3n) is 4.99. The molecule has 0 saturated carbocycles. The van der Waals surface area contributed by atoms with Crippen LogP contribution < -0.4 is 15.4 Å². The van der Waals surface area contributed by atoms with Crippen molar-refractivity contribution >= 4 is 6.03 Å². The van der Waals surface area contributed by atoms with E-state index in [1.54, 1.807) is 0 Å². The van der Waals surface area contributed by atoms with Gasteiger partial charge in [0.25, 0.3) is 0 Å². The maximum Gasteiger partial charge on any atom is 0.315 e. The lowest BCUT2D eigenvalue weighted by atomic mass is 10.0. The minimum atomic E-state index is -0.590. The number of carbonyl (C=O) groups excluding carboxylic acids is 1. The molecule has 1 unspecified atom stereocenters. The van der Waals surface area contributed by atoms with Gasteiger partial charge in [0.15, 0.2) is 0 Å². The summed E-state index contributed by atoms with van der Waals surface area (Å²) in [5.74, 6) is 0.830. The van der Waals surface area contributed by atoms with Crippen LogP contribution in [0.5, 0.6) is 5.75 Å². The van der Waals surface area contributed by atoms with Gasteiger partial charge in [0.05, 0.1) is 24.8 Å². The Morgan fingerprint density at radius 2 is 1.80 bits per heavy atom. The molecule has 2 aromatic rings. The highest BCUT2D eigenvalue weighted by molar-refractivity contribution is 5.75. The number of para-hydroxylation sites is 1. The van der Waals surface area contributed by atoms with Gasteiger partial charge in [-0.05, 0) is 30.0 Å². The number of amides is 2. The van der Waals surface area contributed by atoms with Crippen molar-refractivity contribution in [2.75, 3.05) is 6.61 Å². The van der Waals surface area contributed by atoms with Crippen molar-refractivity contribution in [3.63, 3.8) is 0 Å². The summed E-state index contributed by atoms with van der Waals surface area (Å²) in [4.78, 5) is 12.6. The van der Waals surface area contributed by atoms with Gasteiger partial charge in [-0.2, -0.15) is 0 Å². The van der Waals surface area contributed by atoms with Crippen molar-refractivity contribution in [3.05, 3.63) is 65.2 Å². The van der Waals surface area contributed by atoms with Gasteiger partial charge >= 0.3 is 6.03 Å². The summed E-state index contributed by atoms with van der Waals surface area (Å²) in [5, 5.41) is 16.3. The fraction of sp³-hybridized carbons (Fsp3) is 0.350. The molecule has 3 atom stereocenters. The minimum Gasteiger partial charge on any atom is -0.493 e. The molecule has 5 heteroatoms. The SMILES string of the molecule is O=C(NC1CCCOc2ccccc21)N[C@H]1c2ccccc2C[C@H]1O. The third-order valence-corrected chi connectivity index (χ3v) is 4.99. The van der Waals surface area contributed by atoms with Crippen LogP contribution in [0.15, 0.2) is 48.5 Å². The van der Waals surface area contributed by atoms with E-state index in [1.165, 1.54) is 0 Å². The first kappa shape index (κ1) is 16.0. The second kappa shape index (κ2) is 6.76. The summed E-state index contributed by atoms with van der Waals surface area (Å²) in [7, 11) is 0. The highest BCUT2D eigenvalue weighted by Crippen LogP contribution is 2.33. The van der Waals surface area contributed by atoms with Crippen LogP contribution in [0, 0.1) is 0 Å². The highest BCUT2D eigenvalue weighted by Gasteiger charge is 2.32. The second-order valence-corrected chi connectivity index (χ2v) is 6.65. The maximum absolute atomic E-state index is 12.6. The Morgan fingerprint density at radius 1 is 1.04 bits per heavy atom. The molecule has 5 nitrogen and oxygen atoms in total. The van der Waals surface area contributed by atoms with Gasteiger partial charge in [-0.15, -0.1) is 0 Å². The largest absolute Gasteiger partial charge is 0.493 e. The van der Waals surface area contributed by atoms with Gasteiger partial charge in [-0.1, -0.05) is 42.5 Å². The van der Waals surface area contributed by atoms with Crippen LogP contribution in [0.2, 0.25) is 0 Å². The topological polar surface area (TPSA) is 70.6 Å². The molecule has 0 saturated heterocycles. The summed E-state index contributed by atoms with van der Waals surface area (Å²) >= 11 is 0. The van der Waals surface area contributed by atoms with Crippen molar-refractivity contribution in [2.45, 2.75) is 37.5 Å². The van der Waals surface area contributed by atoms with Crippen LogP contribution in [0.25, 0.3) is 0 Å². The molecule has 0 aromatic heterocycles. The highest BCUT2D eigenvalue weighted by atomic mass is 16.5. The Balaban J connectivity index is 1.48. The molecule has 130 valence electrons. The van der Waals surface area contributed by atoms with Crippen LogP contribution in [0.1, 0.15) is 41.6 Å². The summed E-state index contributed by atoms with van der Waals surface area (Å²) in [6.07, 6.45) is 1.69.